The number of nitrogens with one attached hydrogen (secondary N) is 1. The van der Waals surface area contributed by atoms with Gasteiger partial charge >= 0.3 is 0 Å². The number of aromatic amines is 1. The highest BCUT2D eigenvalue weighted by Crippen LogP contribution is 2.35. The molecule has 0 bridgehead atoms. The molecule has 28 heavy (non-hydrogen) atoms. The molecule has 1 aromatic heterocycles. The highest BCUT2D eigenvalue weighted by molar-refractivity contribution is 5.78. The Hall–Kier alpha value is -2.89. The van der Waals surface area contributed by atoms with Crippen molar-refractivity contribution in [2.75, 3.05) is 20.1 Å². The van der Waals surface area contributed by atoms with Crippen LogP contribution in [0.25, 0.3) is 11.3 Å². The molecule has 1 aliphatic rings. The zero-order valence-electron chi connectivity index (χ0n) is 16.6. The molecule has 3 rings (SSSR count). The number of hydrogen-bond donors (Lipinski definition) is 1. The topological polar surface area (TPSA) is 35.2 Å². The van der Waals surface area contributed by atoms with Gasteiger partial charge in [0.2, 0.25) is 0 Å². The van der Waals surface area contributed by atoms with E-state index in [0.29, 0.717) is 12.2 Å². The van der Waals surface area contributed by atoms with Gasteiger partial charge in [-0.3, -0.25) is 5.10 Å². The van der Waals surface area contributed by atoms with Crippen molar-refractivity contribution in [3.05, 3.63) is 77.4 Å². The van der Waals surface area contributed by atoms with Crippen molar-refractivity contribution in [3.63, 3.8) is 0 Å². The van der Waals surface area contributed by atoms with E-state index in [1.165, 1.54) is 18.2 Å². The highest BCUT2D eigenvalue weighted by Gasteiger charge is 2.28. The van der Waals surface area contributed by atoms with Crippen LogP contribution >= 0.6 is 0 Å². The fourth-order valence-corrected chi connectivity index (χ4v) is 3.65. The summed E-state index contributed by atoms with van der Waals surface area (Å²) in [6.45, 7) is 9.54. The largest absolute Gasteiger partial charge is 0.360 e. The number of allylic oxidation sites excluding steroid dienone is 3. The Balaban J connectivity index is 2.19. The Bertz CT molecular complexity index is 906. The first kappa shape index (κ1) is 19.9. The van der Waals surface area contributed by atoms with E-state index in [2.05, 4.69) is 28.6 Å². The number of aryl methyl sites for hydroxylation is 1. The summed E-state index contributed by atoms with van der Waals surface area (Å²) in [7, 11) is 1.98. The molecule has 1 aliphatic heterocycles. The van der Waals surface area contributed by atoms with E-state index in [1.54, 1.807) is 0 Å². The van der Waals surface area contributed by atoms with Gasteiger partial charge < -0.3 is 9.80 Å². The van der Waals surface area contributed by atoms with Crippen LogP contribution in [0.15, 0.2) is 48.9 Å². The Morgan fingerprint density at radius 2 is 2.00 bits per heavy atom. The predicted octanol–water partition coefficient (Wildman–Crippen LogP) is 4.80. The van der Waals surface area contributed by atoms with Crippen molar-refractivity contribution in [2.45, 2.75) is 26.7 Å². The van der Waals surface area contributed by atoms with Crippen LogP contribution in [0.3, 0.4) is 0 Å². The summed E-state index contributed by atoms with van der Waals surface area (Å²) in [5.74, 6) is -0.363. The van der Waals surface area contributed by atoms with Crippen LogP contribution in [0.1, 0.15) is 37.1 Å². The van der Waals surface area contributed by atoms with E-state index in [4.69, 9.17) is 0 Å². The average molecular weight is 384 g/mol. The van der Waals surface area contributed by atoms with E-state index < -0.39 is 11.6 Å². The molecule has 0 radical (unpaired) electrons. The fourth-order valence-electron chi connectivity index (χ4n) is 3.65. The maximum Gasteiger partial charge on any atom is 0.135 e. The lowest BCUT2D eigenvalue weighted by Gasteiger charge is -2.41. The molecule has 1 aromatic carbocycles. The summed E-state index contributed by atoms with van der Waals surface area (Å²) in [5.41, 5.74) is 3.16. The number of benzene rings is 1. The summed E-state index contributed by atoms with van der Waals surface area (Å²) in [6, 6.07) is 3.89. The third-order valence-electron chi connectivity index (χ3n) is 5.01. The van der Waals surface area contributed by atoms with Crippen molar-refractivity contribution in [3.8, 4) is 0 Å². The van der Waals surface area contributed by atoms with Crippen LogP contribution in [0.2, 0.25) is 0 Å². The number of aromatic nitrogens is 2. The van der Waals surface area contributed by atoms with Crippen LogP contribution in [-0.2, 0) is 6.42 Å². The van der Waals surface area contributed by atoms with Gasteiger partial charge in [-0.25, -0.2) is 8.78 Å². The SMILES string of the molecule is C=C(c1c(F)cccc1F)N1CCCN(C)/C1=C(\C=C/C)c1[nH]ncc1CC. The standard InChI is InChI=1S/C22H26F2N4/c1-5-9-17(21-16(6-2)14-25-26-21)22-27(4)12-8-13-28(22)15(3)20-18(23)10-7-11-19(20)24/h5,7,9-11,14H,3,6,8,12-13H2,1-2,4H3,(H,25,26)/b9-5-,22-17-. The number of halogens is 2. The molecule has 2 heterocycles. The van der Waals surface area contributed by atoms with Crippen molar-refractivity contribution in [2.24, 2.45) is 0 Å². The van der Waals surface area contributed by atoms with Crippen molar-refractivity contribution in [1.82, 2.24) is 20.0 Å². The zero-order chi connectivity index (χ0) is 20.3. The average Bonchev–Trinajstić information content (AvgIpc) is 3.14. The first-order chi connectivity index (χ1) is 13.5. The van der Waals surface area contributed by atoms with Crippen molar-refractivity contribution >= 4 is 11.3 Å². The highest BCUT2D eigenvalue weighted by atomic mass is 19.1. The fraction of sp³-hybridized carbons (Fsp3) is 0.318. The van der Waals surface area contributed by atoms with Gasteiger partial charge in [0, 0.05) is 31.4 Å². The van der Waals surface area contributed by atoms with Gasteiger partial charge in [0.1, 0.15) is 17.5 Å². The van der Waals surface area contributed by atoms with E-state index in [0.717, 1.165) is 42.0 Å². The second kappa shape index (κ2) is 8.42. The second-order valence-electron chi connectivity index (χ2n) is 6.83. The van der Waals surface area contributed by atoms with Gasteiger partial charge in [-0.05, 0) is 37.5 Å². The Morgan fingerprint density at radius 3 is 2.64 bits per heavy atom. The third kappa shape index (κ3) is 3.59. The summed E-state index contributed by atoms with van der Waals surface area (Å²) in [6.07, 6.45) is 7.46. The van der Waals surface area contributed by atoms with Gasteiger partial charge in [0.15, 0.2) is 0 Å². The molecule has 0 unspecified atom stereocenters. The van der Waals surface area contributed by atoms with Gasteiger partial charge in [0.25, 0.3) is 0 Å². The number of hydrogen-bond acceptors (Lipinski definition) is 3. The van der Waals surface area contributed by atoms with E-state index in [1.807, 2.05) is 37.2 Å². The quantitative estimate of drug-likeness (QED) is 0.804. The molecular formula is C22H26F2N4. The number of rotatable bonds is 5. The summed E-state index contributed by atoms with van der Waals surface area (Å²) < 4.78 is 28.9. The summed E-state index contributed by atoms with van der Waals surface area (Å²) in [5, 5.41) is 7.29. The molecule has 1 N–H and O–H groups in total. The minimum atomic E-state index is -0.610. The Labute approximate surface area is 164 Å². The van der Waals surface area contributed by atoms with Crippen LogP contribution in [0, 0.1) is 11.6 Å². The predicted molar refractivity (Wildman–Crippen MR) is 109 cm³/mol. The first-order valence-electron chi connectivity index (χ1n) is 9.51. The summed E-state index contributed by atoms with van der Waals surface area (Å²) in [4.78, 5) is 4.00. The van der Waals surface area contributed by atoms with Crippen LogP contribution < -0.4 is 0 Å². The molecule has 6 heteroatoms. The third-order valence-corrected chi connectivity index (χ3v) is 5.01. The molecule has 148 valence electrons. The first-order valence-corrected chi connectivity index (χ1v) is 9.51. The van der Waals surface area contributed by atoms with E-state index >= 15 is 0 Å². The molecule has 0 spiro atoms. The maximum absolute atomic E-state index is 14.4. The molecule has 0 amide bonds. The van der Waals surface area contributed by atoms with E-state index in [-0.39, 0.29) is 5.56 Å². The van der Waals surface area contributed by atoms with Crippen LogP contribution in [0.4, 0.5) is 8.78 Å². The van der Waals surface area contributed by atoms with Gasteiger partial charge in [0.05, 0.1) is 17.5 Å². The zero-order valence-corrected chi connectivity index (χ0v) is 16.6. The molecular weight excluding hydrogens is 358 g/mol. The lowest BCUT2D eigenvalue weighted by Crippen LogP contribution is -2.40. The lowest BCUT2D eigenvalue weighted by molar-refractivity contribution is 0.241. The Morgan fingerprint density at radius 1 is 1.29 bits per heavy atom. The van der Waals surface area contributed by atoms with Gasteiger partial charge in [-0.1, -0.05) is 31.7 Å². The minimum Gasteiger partial charge on any atom is -0.360 e. The molecule has 1 saturated heterocycles. The van der Waals surface area contributed by atoms with Crippen LogP contribution in [-0.4, -0.2) is 40.1 Å². The maximum atomic E-state index is 14.4. The second-order valence-corrected chi connectivity index (χ2v) is 6.83. The number of H-pyrrole nitrogens is 1. The summed E-state index contributed by atoms with van der Waals surface area (Å²) >= 11 is 0. The van der Waals surface area contributed by atoms with Crippen LogP contribution in [0.5, 0.6) is 0 Å². The molecule has 1 fully saturated rings. The van der Waals surface area contributed by atoms with E-state index in [9.17, 15) is 8.78 Å². The molecule has 0 aliphatic carbocycles. The minimum absolute atomic E-state index is 0.0875. The monoisotopic (exact) mass is 384 g/mol. The van der Waals surface area contributed by atoms with Crippen molar-refractivity contribution < 1.29 is 8.78 Å². The van der Waals surface area contributed by atoms with Gasteiger partial charge in [-0.2, -0.15) is 5.10 Å². The normalized spacial score (nSPS) is 16.8. The Kier molecular flexibility index (Phi) is 5.97. The smallest absolute Gasteiger partial charge is 0.135 e. The number of nitrogens with zero attached hydrogens (tertiary/aromatic N) is 3. The molecule has 0 saturated carbocycles. The molecule has 0 atom stereocenters. The molecule has 2 aromatic rings. The van der Waals surface area contributed by atoms with Gasteiger partial charge in [-0.15, -0.1) is 0 Å². The molecule has 4 nitrogen and oxygen atoms in total. The lowest BCUT2D eigenvalue weighted by atomic mass is 10.0. The van der Waals surface area contributed by atoms with Crippen molar-refractivity contribution in [1.29, 1.82) is 0 Å².